The number of aromatic nitrogens is 3. The third kappa shape index (κ3) is 2.32. The van der Waals surface area contributed by atoms with Crippen LogP contribution < -0.4 is 0 Å². The first-order valence-electron chi connectivity index (χ1n) is 10.3. The maximum absolute atomic E-state index is 14.6. The predicted octanol–water partition coefficient (Wildman–Crippen LogP) is 5.52. The van der Waals surface area contributed by atoms with Crippen LogP contribution in [0, 0.1) is 22.7 Å². The molecule has 30 heavy (non-hydrogen) atoms. The maximum Gasteiger partial charge on any atom is 0.131 e. The van der Waals surface area contributed by atoms with Gasteiger partial charge in [0, 0.05) is 12.6 Å². The van der Waals surface area contributed by atoms with Gasteiger partial charge in [-0.15, -0.1) is 0 Å². The second kappa shape index (κ2) is 6.28. The standard InChI is InChI=1S/C24H22F2N4/c1-13-8-17(25)21(18(26)9-13)19-11-15-16-4-6-24(23(16,2)3,22(15)30-29-19)20-10-14(12-27)5-7-28-20/h5,7-8,10-11,13,16H,4,6,9H2,1-3H3/t13?,16-,24-/m0/s1. The highest BCUT2D eigenvalue weighted by Gasteiger charge is 2.65. The summed E-state index contributed by atoms with van der Waals surface area (Å²) in [5.41, 5.74) is 2.71. The molecule has 1 fully saturated rings. The number of fused-ring (bicyclic) bond motifs is 5. The van der Waals surface area contributed by atoms with Crippen molar-refractivity contribution in [3.05, 3.63) is 70.3 Å². The van der Waals surface area contributed by atoms with E-state index in [0.29, 0.717) is 5.56 Å². The van der Waals surface area contributed by atoms with Crippen molar-refractivity contribution >= 4 is 5.57 Å². The van der Waals surface area contributed by atoms with E-state index in [9.17, 15) is 14.0 Å². The largest absolute Gasteiger partial charge is 0.260 e. The summed E-state index contributed by atoms with van der Waals surface area (Å²) in [5, 5.41) is 18.2. The molecule has 6 heteroatoms. The Kier molecular flexibility index (Phi) is 3.99. The number of hydrogen-bond acceptors (Lipinski definition) is 4. The third-order valence-electron chi connectivity index (χ3n) is 7.41. The molecule has 0 saturated heterocycles. The van der Waals surface area contributed by atoms with E-state index in [0.717, 1.165) is 29.8 Å². The Morgan fingerprint density at radius 1 is 1.20 bits per heavy atom. The van der Waals surface area contributed by atoms with Gasteiger partial charge < -0.3 is 0 Å². The average molecular weight is 404 g/mol. The lowest BCUT2D eigenvalue weighted by Crippen LogP contribution is -2.37. The van der Waals surface area contributed by atoms with Crippen LogP contribution in [0.2, 0.25) is 0 Å². The lowest BCUT2D eigenvalue weighted by Gasteiger charge is -2.37. The molecule has 2 bridgehead atoms. The Balaban J connectivity index is 1.69. The van der Waals surface area contributed by atoms with Crippen molar-refractivity contribution in [1.82, 2.24) is 15.2 Å². The zero-order valence-corrected chi connectivity index (χ0v) is 17.2. The number of hydrogen-bond donors (Lipinski definition) is 0. The Morgan fingerprint density at radius 2 is 2.00 bits per heavy atom. The molecule has 2 aromatic heterocycles. The van der Waals surface area contributed by atoms with E-state index < -0.39 is 17.1 Å². The molecule has 4 nitrogen and oxygen atoms in total. The monoisotopic (exact) mass is 404 g/mol. The van der Waals surface area contributed by atoms with Crippen LogP contribution in [0.5, 0.6) is 0 Å². The fourth-order valence-electron chi connectivity index (χ4n) is 5.92. The van der Waals surface area contributed by atoms with Crippen LogP contribution in [0.1, 0.15) is 74.2 Å². The molecule has 3 aliphatic carbocycles. The minimum Gasteiger partial charge on any atom is -0.260 e. The topological polar surface area (TPSA) is 62.5 Å². The fraction of sp³-hybridized carbons (Fsp3) is 0.417. The molecule has 152 valence electrons. The molecular formula is C24H22F2N4. The zero-order valence-electron chi connectivity index (χ0n) is 17.2. The van der Waals surface area contributed by atoms with Gasteiger partial charge in [0.1, 0.15) is 11.7 Å². The summed E-state index contributed by atoms with van der Waals surface area (Å²) in [4.78, 5) is 4.62. The van der Waals surface area contributed by atoms with E-state index in [1.165, 1.54) is 6.08 Å². The van der Waals surface area contributed by atoms with E-state index in [1.54, 1.807) is 19.2 Å². The molecule has 0 amide bonds. The molecule has 0 N–H and O–H groups in total. The van der Waals surface area contributed by atoms with Crippen molar-refractivity contribution in [1.29, 1.82) is 5.26 Å². The molecule has 0 aliphatic heterocycles. The van der Waals surface area contributed by atoms with E-state index in [-0.39, 0.29) is 34.9 Å². The van der Waals surface area contributed by atoms with Crippen molar-refractivity contribution in [2.24, 2.45) is 11.3 Å². The molecule has 5 rings (SSSR count). The minimum atomic E-state index is -0.569. The van der Waals surface area contributed by atoms with Gasteiger partial charge in [-0.25, -0.2) is 8.78 Å². The minimum absolute atomic E-state index is 0.0670. The van der Waals surface area contributed by atoms with Crippen LogP contribution in [-0.2, 0) is 5.41 Å². The second-order valence-corrected chi connectivity index (χ2v) is 9.27. The van der Waals surface area contributed by atoms with Gasteiger partial charge in [0.05, 0.1) is 39.7 Å². The van der Waals surface area contributed by atoms with Gasteiger partial charge in [-0.05, 0) is 59.9 Å². The summed E-state index contributed by atoms with van der Waals surface area (Å²) in [6.07, 6.45) is 5.07. The third-order valence-corrected chi connectivity index (χ3v) is 7.41. The SMILES string of the molecule is CC1C=C(F)C(c2cc3c(nn2)[C@@]2(c4cc(C#N)ccn4)CC[C@@H]3C2(C)C)=C(F)C1. The van der Waals surface area contributed by atoms with Crippen LogP contribution in [0.3, 0.4) is 0 Å². The van der Waals surface area contributed by atoms with Crippen molar-refractivity contribution in [3.63, 3.8) is 0 Å². The van der Waals surface area contributed by atoms with Gasteiger partial charge in [0.25, 0.3) is 0 Å². The lowest BCUT2D eigenvalue weighted by molar-refractivity contribution is 0.243. The number of halogens is 2. The lowest BCUT2D eigenvalue weighted by atomic mass is 9.66. The van der Waals surface area contributed by atoms with Gasteiger partial charge in [0.15, 0.2) is 0 Å². The van der Waals surface area contributed by atoms with Crippen LogP contribution in [-0.4, -0.2) is 15.2 Å². The van der Waals surface area contributed by atoms with E-state index in [1.807, 2.05) is 12.1 Å². The van der Waals surface area contributed by atoms with E-state index >= 15 is 0 Å². The first-order chi connectivity index (χ1) is 14.3. The highest BCUT2D eigenvalue weighted by atomic mass is 19.1. The molecular weight excluding hydrogens is 382 g/mol. The van der Waals surface area contributed by atoms with Crippen LogP contribution >= 0.6 is 0 Å². The van der Waals surface area contributed by atoms with Crippen LogP contribution in [0.15, 0.2) is 42.1 Å². The number of nitriles is 1. The Bertz CT molecular complexity index is 1170. The summed E-state index contributed by atoms with van der Waals surface area (Å²) >= 11 is 0. The molecule has 1 saturated carbocycles. The van der Waals surface area contributed by atoms with Crippen LogP contribution in [0.25, 0.3) is 5.57 Å². The smallest absolute Gasteiger partial charge is 0.131 e. The van der Waals surface area contributed by atoms with Gasteiger partial charge in [-0.2, -0.15) is 15.5 Å². The number of nitrogens with zero attached hydrogens (tertiary/aromatic N) is 4. The molecule has 0 spiro atoms. The highest BCUT2D eigenvalue weighted by Crippen LogP contribution is 2.69. The Hall–Kier alpha value is -2.94. The zero-order chi connectivity index (χ0) is 21.3. The van der Waals surface area contributed by atoms with E-state index in [2.05, 4.69) is 35.1 Å². The Morgan fingerprint density at radius 3 is 2.73 bits per heavy atom. The molecule has 0 aromatic carbocycles. The molecule has 2 heterocycles. The fourth-order valence-corrected chi connectivity index (χ4v) is 5.92. The normalized spacial score (nSPS) is 28.9. The van der Waals surface area contributed by atoms with Crippen molar-refractivity contribution in [2.45, 2.75) is 51.4 Å². The number of rotatable bonds is 2. The molecule has 1 unspecified atom stereocenters. The van der Waals surface area contributed by atoms with E-state index in [4.69, 9.17) is 0 Å². The second-order valence-electron chi connectivity index (χ2n) is 9.27. The quantitative estimate of drug-likeness (QED) is 0.661. The van der Waals surface area contributed by atoms with Gasteiger partial charge in [-0.1, -0.05) is 20.8 Å². The summed E-state index contributed by atoms with van der Waals surface area (Å²) in [6, 6.07) is 7.54. The molecule has 3 atom stereocenters. The summed E-state index contributed by atoms with van der Waals surface area (Å²) in [5.74, 6) is -1.03. The maximum atomic E-state index is 14.6. The first-order valence-corrected chi connectivity index (χ1v) is 10.3. The summed E-state index contributed by atoms with van der Waals surface area (Å²) < 4.78 is 29.2. The van der Waals surface area contributed by atoms with Crippen molar-refractivity contribution < 1.29 is 8.78 Å². The Labute approximate surface area is 174 Å². The predicted molar refractivity (Wildman–Crippen MR) is 109 cm³/mol. The van der Waals surface area contributed by atoms with Crippen LogP contribution in [0.4, 0.5) is 8.78 Å². The highest BCUT2D eigenvalue weighted by molar-refractivity contribution is 5.78. The van der Waals surface area contributed by atoms with Gasteiger partial charge in [-0.3, -0.25) is 4.98 Å². The molecule has 0 radical (unpaired) electrons. The number of allylic oxidation sites excluding steroid dienone is 4. The molecule has 2 aromatic rings. The van der Waals surface area contributed by atoms with Gasteiger partial charge >= 0.3 is 0 Å². The summed E-state index contributed by atoms with van der Waals surface area (Å²) in [6.45, 7) is 6.17. The first kappa shape index (κ1) is 19.0. The van der Waals surface area contributed by atoms with Gasteiger partial charge in [0.2, 0.25) is 0 Å². The summed E-state index contributed by atoms with van der Waals surface area (Å²) in [7, 11) is 0. The van der Waals surface area contributed by atoms with Crippen molar-refractivity contribution in [2.75, 3.05) is 0 Å². The van der Waals surface area contributed by atoms with Crippen molar-refractivity contribution in [3.8, 4) is 6.07 Å². The molecule has 3 aliphatic rings. The number of pyridine rings is 1. The average Bonchev–Trinajstić information content (AvgIpc) is 3.09.